The molecular formula is C20H25N3O3. The number of aromatic nitrogens is 1. The summed E-state index contributed by atoms with van der Waals surface area (Å²) >= 11 is 0. The molecule has 0 spiro atoms. The first kappa shape index (κ1) is 18.0. The van der Waals surface area contributed by atoms with Crippen LogP contribution >= 0.6 is 0 Å². The van der Waals surface area contributed by atoms with Gasteiger partial charge in [-0.25, -0.2) is 0 Å². The van der Waals surface area contributed by atoms with Crippen LogP contribution < -0.4 is 4.74 Å². The van der Waals surface area contributed by atoms with Gasteiger partial charge in [0, 0.05) is 38.1 Å². The normalized spacial score (nSPS) is 14.4. The summed E-state index contributed by atoms with van der Waals surface area (Å²) in [4.78, 5) is 31.5. The number of benzene rings is 1. The van der Waals surface area contributed by atoms with E-state index in [0.29, 0.717) is 37.5 Å². The van der Waals surface area contributed by atoms with Crippen LogP contribution in [0.3, 0.4) is 0 Å². The first-order chi connectivity index (χ1) is 12.4. The Labute approximate surface area is 153 Å². The summed E-state index contributed by atoms with van der Waals surface area (Å²) in [7, 11) is 0. The highest BCUT2D eigenvalue weighted by atomic mass is 16.5. The number of aromatic amines is 1. The lowest BCUT2D eigenvalue weighted by atomic mass is 10.1. The van der Waals surface area contributed by atoms with Crippen molar-refractivity contribution in [3.8, 4) is 5.75 Å². The molecule has 2 aromatic rings. The van der Waals surface area contributed by atoms with E-state index >= 15 is 0 Å². The van der Waals surface area contributed by atoms with Crippen molar-refractivity contribution in [3.63, 3.8) is 0 Å². The van der Waals surface area contributed by atoms with Crippen molar-refractivity contribution in [2.45, 2.75) is 20.8 Å². The van der Waals surface area contributed by atoms with Crippen LogP contribution in [0.4, 0.5) is 0 Å². The Morgan fingerprint density at radius 3 is 2.19 bits per heavy atom. The highest BCUT2D eigenvalue weighted by Gasteiger charge is 2.26. The molecule has 0 unspecified atom stereocenters. The summed E-state index contributed by atoms with van der Waals surface area (Å²) in [5, 5.41) is 0. The molecular weight excluding hydrogens is 330 g/mol. The minimum atomic E-state index is -0.0471. The Morgan fingerprint density at radius 1 is 1.00 bits per heavy atom. The first-order valence-corrected chi connectivity index (χ1v) is 8.86. The van der Waals surface area contributed by atoms with Crippen LogP contribution in [0.5, 0.6) is 5.75 Å². The molecule has 1 N–H and O–H groups in total. The van der Waals surface area contributed by atoms with Gasteiger partial charge in [-0.3, -0.25) is 9.59 Å². The third kappa shape index (κ3) is 4.07. The minimum Gasteiger partial charge on any atom is -0.484 e. The molecule has 1 aliphatic heterocycles. The zero-order valence-corrected chi connectivity index (χ0v) is 15.5. The third-order valence-corrected chi connectivity index (χ3v) is 4.66. The second-order valence-corrected chi connectivity index (χ2v) is 6.80. The van der Waals surface area contributed by atoms with Crippen LogP contribution in [-0.2, 0) is 4.79 Å². The van der Waals surface area contributed by atoms with E-state index in [1.165, 1.54) is 0 Å². The minimum absolute atomic E-state index is 0.0161. The van der Waals surface area contributed by atoms with Gasteiger partial charge in [0.2, 0.25) is 0 Å². The Kier molecular flexibility index (Phi) is 5.30. The molecule has 0 bridgehead atoms. The molecule has 1 aromatic heterocycles. The van der Waals surface area contributed by atoms with E-state index in [1.54, 1.807) is 22.1 Å². The predicted molar refractivity (Wildman–Crippen MR) is 99.4 cm³/mol. The molecule has 0 radical (unpaired) electrons. The van der Waals surface area contributed by atoms with Crippen molar-refractivity contribution >= 4 is 11.8 Å². The standard InChI is InChI=1S/C20H25N3O3/c1-14-10-15(2)12-17(11-14)26-13-19(24)22-6-8-23(9-7-22)20(25)18-4-5-21-16(18)3/h4-5,10-12,21H,6-9,13H2,1-3H3. The van der Waals surface area contributed by atoms with Gasteiger partial charge in [-0.1, -0.05) is 6.07 Å². The van der Waals surface area contributed by atoms with Crippen LogP contribution in [0.2, 0.25) is 0 Å². The lowest BCUT2D eigenvalue weighted by molar-refractivity contribution is -0.134. The van der Waals surface area contributed by atoms with Gasteiger partial charge in [-0.2, -0.15) is 0 Å². The summed E-state index contributed by atoms with van der Waals surface area (Å²) in [5.41, 5.74) is 3.79. The Balaban J connectivity index is 1.50. The molecule has 0 atom stereocenters. The lowest BCUT2D eigenvalue weighted by Crippen LogP contribution is -2.51. The number of hydrogen-bond acceptors (Lipinski definition) is 3. The van der Waals surface area contributed by atoms with Crippen LogP contribution in [0.25, 0.3) is 0 Å². The van der Waals surface area contributed by atoms with Crippen LogP contribution in [0, 0.1) is 20.8 Å². The Hall–Kier alpha value is -2.76. The fourth-order valence-electron chi connectivity index (χ4n) is 3.27. The Bertz CT molecular complexity index is 784. The molecule has 1 fully saturated rings. The average Bonchev–Trinajstić information content (AvgIpc) is 3.04. The summed E-state index contributed by atoms with van der Waals surface area (Å²) < 4.78 is 5.66. The van der Waals surface area contributed by atoms with E-state index in [1.807, 2.05) is 32.9 Å². The van der Waals surface area contributed by atoms with E-state index in [0.717, 1.165) is 16.8 Å². The number of carbonyl (C=O) groups excluding carboxylic acids is 2. The zero-order chi connectivity index (χ0) is 18.7. The SMILES string of the molecule is Cc1cc(C)cc(OCC(=O)N2CCN(C(=O)c3cc[nH]c3C)CC2)c1. The number of ether oxygens (including phenoxy) is 1. The van der Waals surface area contributed by atoms with Gasteiger partial charge < -0.3 is 19.5 Å². The van der Waals surface area contributed by atoms with Gasteiger partial charge in [0.05, 0.1) is 5.56 Å². The fourth-order valence-corrected chi connectivity index (χ4v) is 3.27. The first-order valence-electron chi connectivity index (χ1n) is 8.86. The second kappa shape index (κ2) is 7.64. The van der Waals surface area contributed by atoms with Crippen molar-refractivity contribution in [2.24, 2.45) is 0 Å². The number of H-pyrrole nitrogens is 1. The van der Waals surface area contributed by atoms with Crippen molar-refractivity contribution in [3.05, 3.63) is 52.8 Å². The molecule has 6 nitrogen and oxygen atoms in total. The quantitative estimate of drug-likeness (QED) is 0.915. The van der Waals surface area contributed by atoms with Crippen LogP contribution in [0.1, 0.15) is 27.2 Å². The zero-order valence-electron chi connectivity index (χ0n) is 15.5. The molecule has 3 rings (SSSR count). The van der Waals surface area contributed by atoms with Crippen LogP contribution in [0.15, 0.2) is 30.5 Å². The van der Waals surface area contributed by atoms with Crippen LogP contribution in [-0.4, -0.2) is 59.4 Å². The molecule has 1 saturated heterocycles. The molecule has 2 heterocycles. The monoisotopic (exact) mass is 355 g/mol. The molecule has 2 amide bonds. The number of nitrogens with zero attached hydrogens (tertiary/aromatic N) is 2. The number of hydrogen-bond donors (Lipinski definition) is 1. The van der Waals surface area contributed by atoms with Crippen molar-refractivity contribution in [1.82, 2.24) is 14.8 Å². The number of aryl methyl sites for hydroxylation is 3. The maximum atomic E-state index is 12.5. The predicted octanol–water partition coefficient (Wildman–Crippen LogP) is 2.30. The molecule has 138 valence electrons. The molecule has 0 saturated carbocycles. The van der Waals surface area contributed by atoms with Gasteiger partial charge in [0.25, 0.3) is 11.8 Å². The number of nitrogens with one attached hydrogen (secondary N) is 1. The second-order valence-electron chi connectivity index (χ2n) is 6.80. The van der Waals surface area contributed by atoms with Gasteiger partial charge in [0.1, 0.15) is 5.75 Å². The van der Waals surface area contributed by atoms with E-state index in [-0.39, 0.29) is 18.4 Å². The number of carbonyl (C=O) groups is 2. The third-order valence-electron chi connectivity index (χ3n) is 4.66. The molecule has 6 heteroatoms. The maximum Gasteiger partial charge on any atom is 0.260 e. The number of piperazine rings is 1. The smallest absolute Gasteiger partial charge is 0.260 e. The summed E-state index contributed by atoms with van der Waals surface area (Å²) in [6, 6.07) is 7.72. The molecule has 0 aliphatic carbocycles. The molecule has 1 aliphatic rings. The summed E-state index contributed by atoms with van der Waals surface area (Å²) in [6.07, 6.45) is 1.77. The fraction of sp³-hybridized carbons (Fsp3) is 0.400. The topological polar surface area (TPSA) is 65.6 Å². The van der Waals surface area contributed by atoms with E-state index in [2.05, 4.69) is 11.1 Å². The molecule has 1 aromatic carbocycles. The van der Waals surface area contributed by atoms with E-state index in [4.69, 9.17) is 4.74 Å². The largest absolute Gasteiger partial charge is 0.484 e. The molecule has 26 heavy (non-hydrogen) atoms. The summed E-state index contributed by atoms with van der Waals surface area (Å²) in [6.45, 7) is 8.06. The van der Waals surface area contributed by atoms with Gasteiger partial charge in [-0.15, -0.1) is 0 Å². The highest BCUT2D eigenvalue weighted by Crippen LogP contribution is 2.17. The van der Waals surface area contributed by atoms with Gasteiger partial charge >= 0.3 is 0 Å². The van der Waals surface area contributed by atoms with Gasteiger partial charge in [0.15, 0.2) is 6.61 Å². The van der Waals surface area contributed by atoms with Crippen molar-refractivity contribution < 1.29 is 14.3 Å². The van der Waals surface area contributed by atoms with Crippen molar-refractivity contribution in [1.29, 1.82) is 0 Å². The summed E-state index contributed by atoms with van der Waals surface area (Å²) in [5.74, 6) is 0.684. The van der Waals surface area contributed by atoms with Crippen molar-refractivity contribution in [2.75, 3.05) is 32.8 Å². The average molecular weight is 355 g/mol. The Morgan fingerprint density at radius 2 is 1.62 bits per heavy atom. The maximum absolute atomic E-state index is 12.5. The highest BCUT2D eigenvalue weighted by molar-refractivity contribution is 5.95. The van der Waals surface area contributed by atoms with Gasteiger partial charge in [-0.05, 0) is 50.1 Å². The number of amides is 2. The van der Waals surface area contributed by atoms with E-state index < -0.39 is 0 Å². The van der Waals surface area contributed by atoms with E-state index in [9.17, 15) is 9.59 Å². The lowest BCUT2D eigenvalue weighted by Gasteiger charge is -2.34. The number of rotatable bonds is 4.